The van der Waals surface area contributed by atoms with Crippen molar-refractivity contribution in [2.24, 2.45) is 7.05 Å². The first-order valence-corrected chi connectivity index (χ1v) is 8.62. The summed E-state index contributed by atoms with van der Waals surface area (Å²) in [5.41, 5.74) is 1.95. The summed E-state index contributed by atoms with van der Waals surface area (Å²) in [6, 6.07) is 8.25. The molecule has 3 aromatic rings. The minimum absolute atomic E-state index is 0.149. The van der Waals surface area contributed by atoms with E-state index in [9.17, 15) is 4.79 Å². The van der Waals surface area contributed by atoms with Gasteiger partial charge in [0.15, 0.2) is 5.76 Å². The number of hydrogen-bond acceptors (Lipinski definition) is 4. The zero-order valence-electron chi connectivity index (χ0n) is 14.3. The van der Waals surface area contributed by atoms with E-state index < -0.39 is 0 Å². The van der Waals surface area contributed by atoms with Crippen molar-refractivity contribution in [1.82, 2.24) is 15.1 Å². The van der Waals surface area contributed by atoms with Gasteiger partial charge in [0.25, 0.3) is 5.91 Å². The van der Waals surface area contributed by atoms with Crippen molar-refractivity contribution in [2.75, 3.05) is 0 Å². The molecule has 1 amide bonds. The van der Waals surface area contributed by atoms with Crippen LogP contribution in [0.5, 0.6) is 5.75 Å². The second-order valence-corrected chi connectivity index (χ2v) is 6.53. The van der Waals surface area contributed by atoms with Gasteiger partial charge in [0.2, 0.25) is 0 Å². The maximum atomic E-state index is 12.2. The summed E-state index contributed by atoms with van der Waals surface area (Å²) in [5.74, 6) is 0.917. The van der Waals surface area contributed by atoms with Crippen molar-refractivity contribution in [3.05, 3.63) is 69.4 Å². The van der Waals surface area contributed by atoms with Crippen LogP contribution in [0, 0.1) is 6.92 Å². The Morgan fingerprint density at radius 2 is 2.12 bits per heavy atom. The lowest BCUT2D eigenvalue weighted by atomic mass is 10.2. The number of halogens is 2. The Bertz CT molecular complexity index is 934. The number of carbonyl (C=O) groups is 1. The van der Waals surface area contributed by atoms with E-state index in [-0.39, 0.29) is 18.3 Å². The van der Waals surface area contributed by atoms with E-state index in [1.807, 2.05) is 14.0 Å². The Labute approximate surface area is 160 Å². The summed E-state index contributed by atoms with van der Waals surface area (Å²) in [6.45, 7) is 2.47. The Balaban J connectivity index is 1.56. The molecule has 26 heavy (non-hydrogen) atoms. The number of carbonyl (C=O) groups excluding carboxylic acids is 1. The van der Waals surface area contributed by atoms with Crippen LogP contribution in [-0.4, -0.2) is 15.7 Å². The number of hydrogen-bond donors (Lipinski definition) is 1. The molecule has 0 atom stereocenters. The second kappa shape index (κ2) is 7.85. The first kappa shape index (κ1) is 18.4. The zero-order chi connectivity index (χ0) is 18.7. The normalized spacial score (nSPS) is 10.8. The van der Waals surface area contributed by atoms with Crippen LogP contribution in [0.1, 0.15) is 27.6 Å². The molecule has 0 unspecified atom stereocenters. The molecule has 0 aliphatic rings. The predicted octanol–water partition coefficient (Wildman–Crippen LogP) is 4.14. The maximum Gasteiger partial charge on any atom is 0.287 e. The number of nitrogens with one attached hydrogen (secondary N) is 1. The number of furan rings is 1. The SMILES string of the molecule is Cc1c(CNC(=O)c2ccc(COc3ccc(Cl)cc3Cl)o2)cnn1C. The first-order chi connectivity index (χ1) is 12.4. The summed E-state index contributed by atoms with van der Waals surface area (Å²) in [4.78, 5) is 12.2. The third-order valence-corrected chi connectivity index (χ3v) is 4.46. The van der Waals surface area contributed by atoms with Gasteiger partial charge in [0, 0.05) is 29.9 Å². The Morgan fingerprint density at radius 1 is 1.31 bits per heavy atom. The monoisotopic (exact) mass is 393 g/mol. The number of amides is 1. The summed E-state index contributed by atoms with van der Waals surface area (Å²) < 4.78 is 12.9. The first-order valence-electron chi connectivity index (χ1n) is 7.86. The Kier molecular flexibility index (Phi) is 5.54. The summed E-state index contributed by atoms with van der Waals surface area (Å²) >= 11 is 11.9. The summed E-state index contributed by atoms with van der Waals surface area (Å²) in [7, 11) is 1.85. The molecule has 0 saturated heterocycles. The van der Waals surface area contributed by atoms with Gasteiger partial charge in [-0.3, -0.25) is 9.48 Å². The van der Waals surface area contributed by atoms with Gasteiger partial charge in [-0.1, -0.05) is 23.2 Å². The lowest BCUT2D eigenvalue weighted by Crippen LogP contribution is -2.22. The van der Waals surface area contributed by atoms with Gasteiger partial charge >= 0.3 is 0 Å². The van der Waals surface area contributed by atoms with Crippen LogP contribution in [0.4, 0.5) is 0 Å². The van der Waals surface area contributed by atoms with Crippen LogP contribution >= 0.6 is 23.2 Å². The average Bonchev–Trinajstić information content (AvgIpc) is 3.20. The van der Waals surface area contributed by atoms with Gasteiger partial charge in [0.05, 0.1) is 11.2 Å². The molecule has 2 heterocycles. The summed E-state index contributed by atoms with van der Waals surface area (Å²) in [5, 5.41) is 7.89. The van der Waals surface area contributed by atoms with Crippen LogP contribution in [0.3, 0.4) is 0 Å². The van der Waals surface area contributed by atoms with Gasteiger partial charge in [-0.05, 0) is 37.3 Å². The number of benzene rings is 1. The molecule has 1 aromatic carbocycles. The van der Waals surface area contributed by atoms with E-state index in [2.05, 4.69) is 10.4 Å². The van der Waals surface area contributed by atoms with Gasteiger partial charge < -0.3 is 14.5 Å². The smallest absolute Gasteiger partial charge is 0.287 e. The van der Waals surface area contributed by atoms with Crippen LogP contribution in [0.15, 0.2) is 40.9 Å². The number of aryl methyl sites for hydroxylation is 1. The van der Waals surface area contributed by atoms with E-state index in [1.54, 1.807) is 41.2 Å². The van der Waals surface area contributed by atoms with Crippen LogP contribution in [0.2, 0.25) is 10.0 Å². The molecule has 0 aliphatic carbocycles. The lowest BCUT2D eigenvalue weighted by Gasteiger charge is -2.06. The van der Waals surface area contributed by atoms with Crippen molar-refractivity contribution in [3.63, 3.8) is 0 Å². The quantitative estimate of drug-likeness (QED) is 0.683. The Hall–Kier alpha value is -2.44. The standard InChI is InChI=1S/C18H17Cl2N3O3/c1-11-12(9-22-23(11)2)8-21-18(24)17-6-4-14(26-17)10-25-16-5-3-13(19)7-15(16)20/h3-7,9H,8,10H2,1-2H3,(H,21,24). The van der Waals surface area contributed by atoms with Gasteiger partial charge in [0.1, 0.15) is 18.1 Å². The molecule has 3 rings (SSSR count). The van der Waals surface area contributed by atoms with Crippen molar-refractivity contribution >= 4 is 29.1 Å². The van der Waals surface area contributed by atoms with Crippen molar-refractivity contribution in [1.29, 1.82) is 0 Å². The van der Waals surface area contributed by atoms with Gasteiger partial charge in [-0.15, -0.1) is 0 Å². The molecule has 8 heteroatoms. The zero-order valence-corrected chi connectivity index (χ0v) is 15.8. The number of nitrogens with zero attached hydrogens (tertiary/aromatic N) is 2. The fraction of sp³-hybridized carbons (Fsp3) is 0.222. The lowest BCUT2D eigenvalue weighted by molar-refractivity contribution is 0.0919. The topological polar surface area (TPSA) is 69.3 Å². The maximum absolute atomic E-state index is 12.2. The van der Waals surface area contributed by atoms with E-state index in [4.69, 9.17) is 32.4 Å². The molecule has 136 valence electrons. The molecule has 0 aliphatic heterocycles. The molecule has 0 fully saturated rings. The van der Waals surface area contributed by atoms with Gasteiger partial charge in [-0.2, -0.15) is 5.10 Å². The summed E-state index contributed by atoms with van der Waals surface area (Å²) in [6.07, 6.45) is 1.73. The molecule has 0 bridgehead atoms. The predicted molar refractivity (Wildman–Crippen MR) is 98.6 cm³/mol. The largest absolute Gasteiger partial charge is 0.484 e. The molecule has 1 N–H and O–H groups in total. The van der Waals surface area contributed by atoms with Gasteiger partial charge in [-0.25, -0.2) is 0 Å². The second-order valence-electron chi connectivity index (χ2n) is 5.69. The molecular weight excluding hydrogens is 377 g/mol. The highest BCUT2D eigenvalue weighted by Gasteiger charge is 2.13. The Morgan fingerprint density at radius 3 is 2.81 bits per heavy atom. The average molecular weight is 394 g/mol. The van der Waals surface area contributed by atoms with E-state index in [0.717, 1.165) is 11.3 Å². The van der Waals surface area contributed by atoms with Crippen molar-refractivity contribution in [3.8, 4) is 5.75 Å². The van der Waals surface area contributed by atoms with E-state index in [0.29, 0.717) is 28.1 Å². The molecule has 2 aromatic heterocycles. The minimum Gasteiger partial charge on any atom is -0.484 e. The minimum atomic E-state index is -0.302. The van der Waals surface area contributed by atoms with Crippen molar-refractivity contribution < 1.29 is 13.9 Å². The third-order valence-electron chi connectivity index (χ3n) is 3.93. The third kappa shape index (κ3) is 4.20. The number of aromatic nitrogens is 2. The molecule has 6 nitrogen and oxygen atoms in total. The van der Waals surface area contributed by atoms with Crippen molar-refractivity contribution in [2.45, 2.75) is 20.1 Å². The molecule has 0 radical (unpaired) electrons. The number of ether oxygens (including phenoxy) is 1. The highest BCUT2D eigenvalue weighted by atomic mass is 35.5. The highest BCUT2D eigenvalue weighted by molar-refractivity contribution is 6.35. The highest BCUT2D eigenvalue weighted by Crippen LogP contribution is 2.28. The molecular formula is C18H17Cl2N3O3. The fourth-order valence-electron chi connectivity index (χ4n) is 2.30. The molecule has 0 spiro atoms. The van der Waals surface area contributed by atoms with Crippen LogP contribution in [0.25, 0.3) is 0 Å². The van der Waals surface area contributed by atoms with E-state index in [1.165, 1.54) is 0 Å². The fourth-order valence-corrected chi connectivity index (χ4v) is 2.76. The van der Waals surface area contributed by atoms with Crippen LogP contribution in [-0.2, 0) is 20.2 Å². The van der Waals surface area contributed by atoms with E-state index >= 15 is 0 Å². The number of rotatable bonds is 6. The van der Waals surface area contributed by atoms with Crippen LogP contribution < -0.4 is 10.1 Å². The molecule has 0 saturated carbocycles.